The summed E-state index contributed by atoms with van der Waals surface area (Å²) in [6.07, 6.45) is 0. The van der Waals surface area contributed by atoms with Crippen LogP contribution in [0, 0.1) is 0 Å². The monoisotopic (exact) mass is 519 g/mol. The number of carboxylic acids is 1. The summed E-state index contributed by atoms with van der Waals surface area (Å²) >= 11 is 20.2. The van der Waals surface area contributed by atoms with Gasteiger partial charge >= 0.3 is 11.9 Å². The molecule has 4 aromatic rings. The lowest BCUT2D eigenvalue weighted by atomic mass is 10.1. The Balaban J connectivity index is 1.79. The summed E-state index contributed by atoms with van der Waals surface area (Å²) < 4.78 is 6.78. The van der Waals surface area contributed by atoms with Gasteiger partial charge in [-0.25, -0.2) is 9.59 Å². The van der Waals surface area contributed by atoms with Gasteiger partial charge in [-0.2, -0.15) is 0 Å². The predicted molar refractivity (Wildman–Crippen MR) is 131 cm³/mol. The fourth-order valence-electron chi connectivity index (χ4n) is 3.40. The fourth-order valence-corrected chi connectivity index (χ4v) is 5.03. The van der Waals surface area contributed by atoms with Gasteiger partial charge in [0.25, 0.3) is 0 Å². The van der Waals surface area contributed by atoms with Crippen molar-refractivity contribution in [1.82, 2.24) is 4.57 Å². The largest absolute Gasteiger partial charge is 0.478 e. The van der Waals surface area contributed by atoms with Gasteiger partial charge in [0, 0.05) is 21.7 Å². The van der Waals surface area contributed by atoms with E-state index in [1.54, 1.807) is 30.3 Å². The molecule has 0 fully saturated rings. The second-order valence-corrected chi connectivity index (χ2v) is 9.49. The summed E-state index contributed by atoms with van der Waals surface area (Å²) in [5, 5.41) is 11.3. The van der Waals surface area contributed by atoms with Gasteiger partial charge in [-0.3, -0.25) is 0 Å². The van der Waals surface area contributed by atoms with Crippen LogP contribution < -0.4 is 0 Å². The zero-order valence-electron chi connectivity index (χ0n) is 17.1. The van der Waals surface area contributed by atoms with Crippen molar-refractivity contribution in [1.29, 1.82) is 0 Å². The Bertz CT molecular complexity index is 1380. The number of ether oxygens (including phenoxy) is 1. The number of carboxylic acid groups (broad SMARTS) is 1. The van der Waals surface area contributed by atoms with Crippen molar-refractivity contribution < 1.29 is 19.4 Å². The lowest BCUT2D eigenvalue weighted by Crippen LogP contribution is -2.11. The van der Waals surface area contributed by atoms with Crippen LogP contribution in [0.1, 0.15) is 26.4 Å². The molecule has 9 heteroatoms. The van der Waals surface area contributed by atoms with Gasteiger partial charge in [-0.05, 0) is 54.1 Å². The van der Waals surface area contributed by atoms with Crippen molar-refractivity contribution >= 4 is 69.4 Å². The van der Waals surface area contributed by atoms with E-state index in [-0.39, 0.29) is 5.56 Å². The second kappa shape index (κ2) is 9.69. The maximum absolute atomic E-state index is 12.5. The third-order valence-electron chi connectivity index (χ3n) is 5.01. The predicted octanol–water partition coefficient (Wildman–Crippen LogP) is 7.29. The van der Waals surface area contributed by atoms with Crippen LogP contribution in [0.15, 0.2) is 70.5 Å². The van der Waals surface area contributed by atoms with Crippen molar-refractivity contribution in [2.24, 2.45) is 0 Å². The number of nitrogens with zero attached hydrogens (tertiary/aromatic N) is 1. The van der Waals surface area contributed by atoms with Gasteiger partial charge in [0.1, 0.15) is 5.69 Å². The normalized spacial score (nSPS) is 11.0. The van der Waals surface area contributed by atoms with E-state index >= 15 is 0 Å². The molecule has 0 atom stereocenters. The van der Waals surface area contributed by atoms with Crippen molar-refractivity contribution in [3.05, 3.63) is 92.6 Å². The van der Waals surface area contributed by atoms with Crippen LogP contribution in [0.5, 0.6) is 0 Å². The van der Waals surface area contributed by atoms with E-state index in [4.69, 9.17) is 44.6 Å². The lowest BCUT2D eigenvalue weighted by Gasteiger charge is -2.11. The minimum atomic E-state index is -1.00. The molecule has 1 aromatic heterocycles. The molecular formula is C24H16Cl3NO4S. The minimum Gasteiger partial charge on any atom is -0.478 e. The molecule has 0 unspecified atom stereocenters. The van der Waals surface area contributed by atoms with Crippen LogP contribution in [-0.2, 0) is 11.3 Å². The Labute approximate surface area is 208 Å². The number of aromatic carboxylic acids is 1. The molecule has 0 aliphatic carbocycles. The summed E-state index contributed by atoms with van der Waals surface area (Å²) in [4.78, 5) is 25.4. The summed E-state index contributed by atoms with van der Waals surface area (Å²) in [5.41, 5.74) is 2.09. The maximum Gasteiger partial charge on any atom is 0.354 e. The van der Waals surface area contributed by atoms with Crippen LogP contribution in [0.3, 0.4) is 0 Å². The molecule has 0 aliphatic rings. The maximum atomic E-state index is 12.5. The van der Waals surface area contributed by atoms with E-state index in [0.717, 1.165) is 20.9 Å². The van der Waals surface area contributed by atoms with Gasteiger partial charge in [0.05, 0.1) is 33.3 Å². The van der Waals surface area contributed by atoms with E-state index in [1.165, 1.54) is 31.0 Å². The molecule has 0 aliphatic heterocycles. The highest BCUT2D eigenvalue weighted by molar-refractivity contribution is 7.99. The molecule has 33 heavy (non-hydrogen) atoms. The van der Waals surface area contributed by atoms with Gasteiger partial charge < -0.3 is 14.4 Å². The number of hydrogen-bond donors (Lipinski definition) is 1. The van der Waals surface area contributed by atoms with E-state index in [9.17, 15) is 9.59 Å². The molecule has 0 saturated heterocycles. The summed E-state index contributed by atoms with van der Waals surface area (Å²) in [6.45, 7) is 0.324. The number of halogens is 3. The third-order valence-corrected chi connectivity index (χ3v) is 7.02. The van der Waals surface area contributed by atoms with E-state index in [2.05, 4.69) is 0 Å². The highest BCUT2D eigenvalue weighted by Gasteiger charge is 2.19. The number of rotatable bonds is 6. The Morgan fingerprint density at radius 3 is 2.24 bits per heavy atom. The minimum absolute atomic E-state index is 0.188. The number of carbonyl (C=O) groups excluding carboxylic acids is 1. The number of esters is 1. The first-order chi connectivity index (χ1) is 15.8. The average Bonchev–Trinajstić information content (AvgIpc) is 3.15. The van der Waals surface area contributed by atoms with Crippen LogP contribution >= 0.6 is 46.6 Å². The van der Waals surface area contributed by atoms with Gasteiger partial charge in [-0.15, -0.1) is 0 Å². The number of fused-ring (bicyclic) bond motifs is 1. The van der Waals surface area contributed by atoms with Gasteiger partial charge in [0.2, 0.25) is 0 Å². The molecule has 3 aromatic carbocycles. The number of methoxy groups -OCH3 is 1. The Kier molecular flexibility index (Phi) is 6.91. The van der Waals surface area contributed by atoms with E-state index < -0.39 is 11.9 Å². The number of aromatic nitrogens is 1. The molecule has 168 valence electrons. The zero-order chi connectivity index (χ0) is 23.7. The summed E-state index contributed by atoms with van der Waals surface area (Å²) in [7, 11) is 1.32. The number of hydrogen-bond acceptors (Lipinski definition) is 4. The smallest absolute Gasteiger partial charge is 0.354 e. The Morgan fingerprint density at radius 2 is 1.61 bits per heavy atom. The van der Waals surface area contributed by atoms with Gasteiger partial charge in [-0.1, -0.05) is 58.7 Å². The number of benzene rings is 3. The quantitative estimate of drug-likeness (QED) is 0.270. The highest BCUT2D eigenvalue weighted by Crippen LogP contribution is 2.38. The molecule has 0 saturated carbocycles. The average molecular weight is 521 g/mol. The van der Waals surface area contributed by atoms with Crippen molar-refractivity contribution in [2.45, 2.75) is 16.3 Å². The molecule has 0 radical (unpaired) electrons. The molecule has 0 bridgehead atoms. The van der Waals surface area contributed by atoms with E-state index in [0.29, 0.717) is 32.7 Å². The summed E-state index contributed by atoms with van der Waals surface area (Å²) in [6, 6.07) is 17.3. The molecule has 0 amide bonds. The summed E-state index contributed by atoms with van der Waals surface area (Å²) in [5.74, 6) is -1.50. The zero-order valence-corrected chi connectivity index (χ0v) is 20.2. The van der Waals surface area contributed by atoms with Crippen LogP contribution in [0.4, 0.5) is 0 Å². The Hall–Kier alpha value is -2.64. The first-order valence-electron chi connectivity index (χ1n) is 9.63. The SMILES string of the molecule is COC(=O)c1cc2c(Cl)cc(Sc3ccc(Cl)c(Cl)c3)cc2n1Cc1ccc(C(=O)O)cc1. The van der Waals surface area contributed by atoms with Crippen molar-refractivity contribution in [2.75, 3.05) is 7.11 Å². The van der Waals surface area contributed by atoms with Gasteiger partial charge in [0.15, 0.2) is 0 Å². The molecule has 4 rings (SSSR count). The van der Waals surface area contributed by atoms with Crippen molar-refractivity contribution in [3.8, 4) is 0 Å². The van der Waals surface area contributed by atoms with Crippen LogP contribution in [-0.4, -0.2) is 28.7 Å². The topological polar surface area (TPSA) is 68.5 Å². The fraction of sp³-hybridized carbons (Fsp3) is 0.0833. The lowest BCUT2D eigenvalue weighted by molar-refractivity contribution is 0.0589. The van der Waals surface area contributed by atoms with Crippen LogP contribution in [0.2, 0.25) is 15.1 Å². The number of carbonyl (C=O) groups is 2. The molecule has 0 spiro atoms. The first kappa shape index (κ1) is 23.5. The molecule has 1 N–H and O–H groups in total. The third kappa shape index (κ3) is 4.99. The molecular weight excluding hydrogens is 505 g/mol. The molecule has 5 nitrogen and oxygen atoms in total. The first-order valence-corrected chi connectivity index (χ1v) is 11.6. The highest BCUT2D eigenvalue weighted by atomic mass is 35.5. The molecule has 1 heterocycles. The Morgan fingerprint density at radius 1 is 0.909 bits per heavy atom. The standard InChI is InChI=1S/C24H16Cl3NO4S/c1-32-24(31)22-11-17-19(26)9-16(33-15-6-7-18(25)20(27)8-15)10-21(17)28(22)12-13-2-4-14(5-3-13)23(29)30/h2-11H,12H2,1H3,(H,29,30). The second-order valence-electron chi connectivity index (χ2n) is 7.13. The van der Waals surface area contributed by atoms with E-state index in [1.807, 2.05) is 22.8 Å². The van der Waals surface area contributed by atoms with Crippen LogP contribution in [0.25, 0.3) is 10.9 Å². The van der Waals surface area contributed by atoms with Crippen molar-refractivity contribution in [3.63, 3.8) is 0 Å².